The lowest BCUT2D eigenvalue weighted by molar-refractivity contribution is -0.120. The molecule has 0 spiro atoms. The van der Waals surface area contributed by atoms with Crippen LogP contribution < -0.4 is 5.32 Å². The van der Waals surface area contributed by atoms with E-state index in [0.29, 0.717) is 31.0 Å². The van der Waals surface area contributed by atoms with Crippen molar-refractivity contribution in [3.63, 3.8) is 0 Å². The smallest absolute Gasteiger partial charge is 0.227 e. The van der Waals surface area contributed by atoms with Gasteiger partial charge in [-0.25, -0.2) is 8.42 Å². The molecule has 0 fully saturated rings. The molecule has 0 saturated carbocycles. The molecule has 2 heterocycles. The van der Waals surface area contributed by atoms with Gasteiger partial charge < -0.3 is 9.84 Å². The predicted molar refractivity (Wildman–Crippen MR) is 92.9 cm³/mol. The van der Waals surface area contributed by atoms with Crippen LogP contribution in [-0.4, -0.2) is 36.0 Å². The molecule has 25 heavy (non-hydrogen) atoms. The minimum absolute atomic E-state index is 0.00692. The van der Waals surface area contributed by atoms with E-state index in [0.717, 1.165) is 11.3 Å². The topological polar surface area (TPSA) is 102 Å². The molecule has 7 nitrogen and oxygen atoms in total. The third kappa shape index (κ3) is 4.45. The molecular weight excluding hydrogens is 342 g/mol. The Bertz CT molecular complexity index is 860. The van der Waals surface area contributed by atoms with Gasteiger partial charge in [-0.2, -0.15) is 4.98 Å². The molecule has 3 rings (SSSR count). The molecule has 0 radical (unpaired) electrons. The summed E-state index contributed by atoms with van der Waals surface area (Å²) in [5.41, 5.74) is 2.00. The van der Waals surface area contributed by atoms with Crippen molar-refractivity contribution in [1.82, 2.24) is 10.1 Å². The minimum Gasteiger partial charge on any atom is -0.339 e. The van der Waals surface area contributed by atoms with Gasteiger partial charge in [0.05, 0.1) is 5.75 Å². The number of carbonyl (C=O) groups is 1. The number of sulfone groups is 1. The Kier molecular flexibility index (Phi) is 5.17. The Morgan fingerprint density at radius 2 is 2.08 bits per heavy atom. The number of carbonyl (C=O) groups excluding carboxylic acids is 1. The second-order valence-electron chi connectivity index (χ2n) is 6.18. The van der Waals surface area contributed by atoms with Crippen LogP contribution in [0.3, 0.4) is 0 Å². The normalized spacial score (nSPS) is 17.2. The molecule has 1 unspecified atom stereocenters. The largest absolute Gasteiger partial charge is 0.339 e. The molecule has 1 aliphatic heterocycles. The highest BCUT2D eigenvalue weighted by Crippen LogP contribution is 2.27. The fraction of sp³-hybridized carbons (Fsp3) is 0.471. The van der Waals surface area contributed by atoms with Crippen LogP contribution in [0.2, 0.25) is 0 Å². The van der Waals surface area contributed by atoms with E-state index in [9.17, 15) is 13.2 Å². The maximum absolute atomic E-state index is 12.2. The van der Waals surface area contributed by atoms with Crippen LogP contribution in [0.1, 0.15) is 30.6 Å². The summed E-state index contributed by atoms with van der Waals surface area (Å²) in [5, 5.41) is 6.74. The molecule has 8 heteroatoms. The lowest BCUT2D eigenvalue weighted by Crippen LogP contribution is -2.30. The van der Waals surface area contributed by atoms with E-state index < -0.39 is 9.84 Å². The number of nitrogens with zero attached hydrogens (tertiary/aromatic N) is 2. The molecule has 1 N–H and O–H groups in total. The van der Waals surface area contributed by atoms with Crippen LogP contribution in [0.15, 0.2) is 28.8 Å². The Labute approximate surface area is 146 Å². The van der Waals surface area contributed by atoms with Crippen LogP contribution in [-0.2, 0) is 33.9 Å². The number of para-hydroxylation sites is 1. The summed E-state index contributed by atoms with van der Waals surface area (Å²) in [6.07, 6.45) is 2.04. The number of aryl methyl sites for hydroxylation is 2. The van der Waals surface area contributed by atoms with Crippen molar-refractivity contribution < 1.29 is 17.7 Å². The highest BCUT2D eigenvalue weighted by molar-refractivity contribution is 7.91. The summed E-state index contributed by atoms with van der Waals surface area (Å²) in [7, 11) is -3.05. The number of nitrogens with one attached hydrogen (secondary N) is 1. The number of hydrogen-bond donors (Lipinski definition) is 1. The number of hydrogen-bond acceptors (Lipinski definition) is 6. The SMILES string of the molecule is CCS(=O)(=O)CCc1noc(CCC2Cc3ccccc3NC2=O)n1. The van der Waals surface area contributed by atoms with Gasteiger partial charge in [-0.3, -0.25) is 4.79 Å². The zero-order valence-corrected chi connectivity index (χ0v) is 14.9. The molecule has 0 aliphatic carbocycles. The third-order valence-corrected chi connectivity index (χ3v) is 6.11. The van der Waals surface area contributed by atoms with Gasteiger partial charge in [0.2, 0.25) is 11.8 Å². The zero-order valence-electron chi connectivity index (χ0n) is 14.1. The first-order valence-corrected chi connectivity index (χ1v) is 10.2. The maximum Gasteiger partial charge on any atom is 0.227 e. The lowest BCUT2D eigenvalue weighted by atomic mass is 9.90. The van der Waals surface area contributed by atoms with E-state index in [1.165, 1.54) is 0 Å². The van der Waals surface area contributed by atoms with Gasteiger partial charge in [0, 0.05) is 30.2 Å². The van der Waals surface area contributed by atoms with Crippen molar-refractivity contribution in [2.75, 3.05) is 16.8 Å². The summed E-state index contributed by atoms with van der Waals surface area (Å²) < 4.78 is 28.2. The van der Waals surface area contributed by atoms with E-state index in [1.54, 1.807) is 6.92 Å². The van der Waals surface area contributed by atoms with Gasteiger partial charge in [-0.15, -0.1) is 0 Å². The van der Waals surface area contributed by atoms with E-state index in [2.05, 4.69) is 15.5 Å². The average Bonchev–Trinajstić information content (AvgIpc) is 3.06. The third-order valence-electron chi connectivity index (χ3n) is 4.41. The number of amides is 1. The van der Waals surface area contributed by atoms with Gasteiger partial charge >= 0.3 is 0 Å². The number of rotatable bonds is 7. The van der Waals surface area contributed by atoms with Crippen molar-refractivity contribution in [2.45, 2.75) is 32.6 Å². The first kappa shape index (κ1) is 17.6. The summed E-state index contributed by atoms with van der Waals surface area (Å²) >= 11 is 0. The van der Waals surface area contributed by atoms with Crippen molar-refractivity contribution in [3.05, 3.63) is 41.5 Å². The second-order valence-corrected chi connectivity index (χ2v) is 8.65. The molecule has 134 valence electrons. The average molecular weight is 363 g/mol. The van der Waals surface area contributed by atoms with Gasteiger partial charge in [-0.1, -0.05) is 30.3 Å². The van der Waals surface area contributed by atoms with Gasteiger partial charge in [0.1, 0.15) is 9.84 Å². The summed E-state index contributed by atoms with van der Waals surface area (Å²) in [6, 6.07) is 7.78. The number of aromatic nitrogens is 2. The highest BCUT2D eigenvalue weighted by atomic mass is 32.2. The summed E-state index contributed by atoms with van der Waals surface area (Å²) in [4.78, 5) is 16.4. The molecule has 1 aromatic carbocycles. The molecule has 1 aromatic heterocycles. The van der Waals surface area contributed by atoms with Crippen LogP contribution in [0.4, 0.5) is 5.69 Å². The first-order chi connectivity index (χ1) is 12.0. The second kappa shape index (κ2) is 7.35. The van der Waals surface area contributed by atoms with Gasteiger partial charge in [0.15, 0.2) is 5.82 Å². The fourth-order valence-corrected chi connectivity index (χ4v) is 3.61. The van der Waals surface area contributed by atoms with Crippen LogP contribution in [0.5, 0.6) is 0 Å². The van der Waals surface area contributed by atoms with Crippen molar-refractivity contribution >= 4 is 21.4 Å². The Morgan fingerprint density at radius 3 is 2.88 bits per heavy atom. The van der Waals surface area contributed by atoms with Crippen molar-refractivity contribution in [2.24, 2.45) is 5.92 Å². The first-order valence-electron chi connectivity index (χ1n) is 8.37. The quantitative estimate of drug-likeness (QED) is 0.804. The standard InChI is InChI=1S/C17H21N3O4S/c1-2-25(22,23)10-9-15-19-16(24-20-15)8-7-13-11-12-5-3-4-6-14(12)18-17(13)21/h3-6,13H,2,7-11H2,1H3,(H,18,21). The highest BCUT2D eigenvalue weighted by Gasteiger charge is 2.26. The maximum atomic E-state index is 12.2. The van der Waals surface area contributed by atoms with E-state index >= 15 is 0 Å². The minimum atomic E-state index is -3.05. The van der Waals surface area contributed by atoms with E-state index in [-0.39, 0.29) is 29.8 Å². The van der Waals surface area contributed by atoms with Crippen LogP contribution >= 0.6 is 0 Å². The van der Waals surface area contributed by atoms with E-state index in [1.807, 2.05) is 24.3 Å². The number of benzene rings is 1. The monoisotopic (exact) mass is 363 g/mol. The molecule has 0 saturated heterocycles. The van der Waals surface area contributed by atoms with E-state index in [4.69, 9.17) is 4.52 Å². The van der Waals surface area contributed by atoms with Gasteiger partial charge in [-0.05, 0) is 24.5 Å². The van der Waals surface area contributed by atoms with Crippen molar-refractivity contribution in [3.8, 4) is 0 Å². The fourth-order valence-electron chi connectivity index (χ4n) is 2.83. The number of fused-ring (bicyclic) bond motifs is 1. The van der Waals surface area contributed by atoms with Crippen LogP contribution in [0.25, 0.3) is 0 Å². The summed E-state index contributed by atoms with van der Waals surface area (Å²) in [5.74, 6) is 0.833. The van der Waals surface area contributed by atoms with Gasteiger partial charge in [0.25, 0.3) is 0 Å². The van der Waals surface area contributed by atoms with Crippen LogP contribution in [0, 0.1) is 5.92 Å². The Balaban J connectivity index is 1.55. The molecule has 1 atom stereocenters. The van der Waals surface area contributed by atoms with Crippen molar-refractivity contribution in [1.29, 1.82) is 0 Å². The molecule has 1 amide bonds. The molecule has 0 bridgehead atoms. The lowest BCUT2D eigenvalue weighted by Gasteiger charge is -2.24. The zero-order chi connectivity index (χ0) is 17.9. The molecular formula is C17H21N3O4S. The Hall–Kier alpha value is -2.22. The summed E-state index contributed by atoms with van der Waals surface area (Å²) in [6.45, 7) is 1.62. The predicted octanol–water partition coefficient (Wildman–Crippen LogP) is 1.79. The molecule has 1 aliphatic rings. The molecule has 2 aromatic rings. The Morgan fingerprint density at radius 1 is 1.28 bits per heavy atom. The number of anilines is 1.